The highest BCUT2D eigenvalue weighted by atomic mass is 32.1. The molecule has 1 aliphatic rings. The number of aryl methyl sites for hydroxylation is 1. The summed E-state index contributed by atoms with van der Waals surface area (Å²) in [5.41, 5.74) is 13.8. The van der Waals surface area contributed by atoms with Crippen LogP contribution in [0.2, 0.25) is 0 Å². The highest BCUT2D eigenvalue weighted by Gasteiger charge is 2.33. The molecule has 0 saturated heterocycles. The molecular formula is C53H33N3S. The lowest BCUT2D eigenvalue weighted by Crippen LogP contribution is -2.08. The lowest BCUT2D eigenvalue weighted by atomic mass is 9.83. The highest BCUT2D eigenvalue weighted by Crippen LogP contribution is 2.53. The number of aromatic nitrogens is 3. The van der Waals surface area contributed by atoms with Gasteiger partial charge in [0, 0.05) is 48.5 Å². The van der Waals surface area contributed by atoms with Crippen molar-refractivity contribution < 1.29 is 0 Å². The third-order valence-corrected chi connectivity index (χ3v) is 13.7. The van der Waals surface area contributed by atoms with E-state index in [1.165, 1.54) is 97.7 Å². The Kier molecular flexibility index (Phi) is 6.50. The molecule has 1 aliphatic carbocycles. The standard InChI is InChI=1S/C53H33N3S/c1-2-12-31(13-3-1)32-22-24-35(25-23-32)52-54-50(49-39-19-9-11-21-45(39)57-53(49)55-52)40-28-26-33-14-4-6-16-36(33)41-30-42-46-37-17-7-5-15-34(37)27-29-44(46)56-43-20-10-8-18-38(43)48(47(40)41)51(42)56/h1-25,27,29-30,40H,26,28H2. The van der Waals surface area contributed by atoms with Crippen LogP contribution < -0.4 is 0 Å². The van der Waals surface area contributed by atoms with Gasteiger partial charge in [0.2, 0.25) is 0 Å². The lowest BCUT2D eigenvalue weighted by Gasteiger charge is -2.21. The maximum atomic E-state index is 5.72. The van der Waals surface area contributed by atoms with Gasteiger partial charge in [-0.1, -0.05) is 146 Å². The van der Waals surface area contributed by atoms with Crippen LogP contribution in [0.25, 0.3) is 103 Å². The Morgan fingerprint density at radius 2 is 1.23 bits per heavy atom. The Morgan fingerprint density at radius 3 is 2.12 bits per heavy atom. The van der Waals surface area contributed by atoms with E-state index in [2.05, 4.69) is 174 Å². The molecule has 8 aromatic carbocycles. The molecule has 0 bridgehead atoms. The van der Waals surface area contributed by atoms with Crippen LogP contribution in [0.3, 0.4) is 0 Å². The van der Waals surface area contributed by atoms with Gasteiger partial charge in [0.05, 0.1) is 22.2 Å². The van der Waals surface area contributed by atoms with E-state index < -0.39 is 0 Å². The minimum Gasteiger partial charge on any atom is -0.308 e. The van der Waals surface area contributed by atoms with Crippen molar-refractivity contribution in [3.63, 3.8) is 0 Å². The van der Waals surface area contributed by atoms with Crippen molar-refractivity contribution in [3.8, 4) is 33.6 Å². The van der Waals surface area contributed by atoms with E-state index >= 15 is 0 Å². The van der Waals surface area contributed by atoms with E-state index in [0.717, 1.165) is 34.8 Å². The summed E-state index contributed by atoms with van der Waals surface area (Å²) in [5, 5.41) is 10.3. The van der Waals surface area contributed by atoms with Gasteiger partial charge < -0.3 is 4.40 Å². The molecule has 12 aromatic rings. The zero-order chi connectivity index (χ0) is 37.2. The number of rotatable bonds is 3. The smallest absolute Gasteiger partial charge is 0.161 e. The van der Waals surface area contributed by atoms with E-state index in [-0.39, 0.29) is 5.92 Å². The van der Waals surface area contributed by atoms with Crippen LogP contribution in [0, 0.1) is 0 Å². The summed E-state index contributed by atoms with van der Waals surface area (Å²) >= 11 is 1.78. The Morgan fingerprint density at radius 1 is 0.509 bits per heavy atom. The van der Waals surface area contributed by atoms with E-state index in [9.17, 15) is 0 Å². The maximum Gasteiger partial charge on any atom is 0.161 e. The number of thiophene rings is 1. The molecule has 0 amide bonds. The second-order valence-corrected chi connectivity index (χ2v) is 16.6. The number of benzene rings is 8. The van der Waals surface area contributed by atoms with Gasteiger partial charge in [-0.05, 0) is 81.3 Å². The fraction of sp³-hybridized carbons (Fsp3) is 0.0566. The summed E-state index contributed by atoms with van der Waals surface area (Å²) in [6.07, 6.45) is 1.90. The third kappa shape index (κ3) is 4.42. The minimum absolute atomic E-state index is 0.0204. The van der Waals surface area contributed by atoms with Crippen LogP contribution in [-0.4, -0.2) is 14.4 Å². The Bertz CT molecular complexity index is 3580. The number of para-hydroxylation sites is 1. The number of hydrogen-bond donors (Lipinski definition) is 0. The van der Waals surface area contributed by atoms with Crippen molar-refractivity contribution in [1.82, 2.24) is 14.4 Å². The molecule has 0 saturated carbocycles. The maximum absolute atomic E-state index is 5.72. The molecule has 0 fully saturated rings. The molecule has 266 valence electrons. The van der Waals surface area contributed by atoms with E-state index in [1.54, 1.807) is 11.3 Å². The van der Waals surface area contributed by atoms with Gasteiger partial charge in [0.25, 0.3) is 0 Å². The van der Waals surface area contributed by atoms with Crippen molar-refractivity contribution in [2.45, 2.75) is 18.8 Å². The van der Waals surface area contributed by atoms with Gasteiger partial charge in [0.1, 0.15) is 4.83 Å². The van der Waals surface area contributed by atoms with Crippen LogP contribution in [0.4, 0.5) is 0 Å². The zero-order valence-electron chi connectivity index (χ0n) is 30.9. The highest BCUT2D eigenvalue weighted by molar-refractivity contribution is 7.25. The first kappa shape index (κ1) is 31.3. The van der Waals surface area contributed by atoms with E-state index in [1.807, 2.05) is 0 Å². The van der Waals surface area contributed by atoms with Crippen molar-refractivity contribution in [2.75, 3.05) is 0 Å². The molecule has 3 nitrogen and oxygen atoms in total. The second kappa shape index (κ2) is 11.8. The van der Waals surface area contributed by atoms with Gasteiger partial charge in [0.15, 0.2) is 5.82 Å². The molecule has 0 aliphatic heterocycles. The Labute approximate surface area is 332 Å². The first-order chi connectivity index (χ1) is 28.3. The predicted molar refractivity (Wildman–Crippen MR) is 240 cm³/mol. The van der Waals surface area contributed by atoms with Crippen LogP contribution in [0.1, 0.15) is 29.2 Å². The van der Waals surface area contributed by atoms with E-state index in [4.69, 9.17) is 9.97 Å². The minimum atomic E-state index is 0.0204. The second-order valence-electron chi connectivity index (χ2n) is 15.5. The normalized spacial score (nSPS) is 14.4. The van der Waals surface area contributed by atoms with Gasteiger partial charge in [-0.15, -0.1) is 11.3 Å². The van der Waals surface area contributed by atoms with Crippen molar-refractivity contribution in [3.05, 3.63) is 187 Å². The van der Waals surface area contributed by atoms with Crippen LogP contribution in [-0.2, 0) is 6.42 Å². The molecular weight excluding hydrogens is 711 g/mol. The SMILES string of the molecule is c1ccc(-c2ccc(-c3nc(C4CCc5ccccc5-c5cc6c7c8ccccc8ccc7n7c8ccccc8c(c54)c67)c4c(n3)sc3ccccc34)cc2)cc1. The monoisotopic (exact) mass is 743 g/mol. The lowest BCUT2D eigenvalue weighted by molar-refractivity contribution is 0.715. The van der Waals surface area contributed by atoms with Gasteiger partial charge in [-0.3, -0.25) is 0 Å². The van der Waals surface area contributed by atoms with Gasteiger partial charge >= 0.3 is 0 Å². The number of fused-ring (bicyclic) bond motifs is 15. The Hall–Kier alpha value is -6.88. The molecule has 57 heavy (non-hydrogen) atoms. The molecule has 4 heterocycles. The number of hydrogen-bond acceptors (Lipinski definition) is 3. The quantitative estimate of drug-likeness (QED) is 0.180. The fourth-order valence-corrected chi connectivity index (χ4v) is 11.2. The van der Waals surface area contributed by atoms with Crippen LogP contribution >= 0.6 is 11.3 Å². The fourth-order valence-electron chi connectivity index (χ4n) is 10.1. The molecule has 4 heteroatoms. The molecule has 1 unspecified atom stereocenters. The van der Waals surface area contributed by atoms with Crippen molar-refractivity contribution >= 4 is 80.5 Å². The van der Waals surface area contributed by atoms with Gasteiger partial charge in [-0.25, -0.2) is 9.97 Å². The Balaban J connectivity index is 1.16. The molecule has 0 radical (unpaired) electrons. The third-order valence-electron chi connectivity index (χ3n) is 12.6. The largest absolute Gasteiger partial charge is 0.308 e. The van der Waals surface area contributed by atoms with E-state index in [0.29, 0.717) is 0 Å². The predicted octanol–water partition coefficient (Wildman–Crippen LogP) is 14.2. The summed E-state index contributed by atoms with van der Waals surface area (Å²) in [7, 11) is 0. The summed E-state index contributed by atoms with van der Waals surface area (Å²) in [5.74, 6) is 0.803. The summed E-state index contributed by atoms with van der Waals surface area (Å²) in [6.45, 7) is 0. The van der Waals surface area contributed by atoms with Crippen LogP contribution in [0.5, 0.6) is 0 Å². The topological polar surface area (TPSA) is 30.2 Å². The molecule has 4 aromatic heterocycles. The van der Waals surface area contributed by atoms with Gasteiger partial charge in [-0.2, -0.15) is 0 Å². The molecule has 0 spiro atoms. The summed E-state index contributed by atoms with van der Waals surface area (Å²) in [4.78, 5) is 12.1. The molecule has 13 rings (SSSR count). The average molecular weight is 744 g/mol. The van der Waals surface area contributed by atoms with Crippen LogP contribution in [0.15, 0.2) is 170 Å². The first-order valence-corrected chi connectivity index (χ1v) is 20.7. The first-order valence-electron chi connectivity index (χ1n) is 19.8. The average Bonchev–Trinajstić information content (AvgIpc) is 3.90. The number of nitrogens with zero attached hydrogens (tertiary/aromatic N) is 3. The zero-order valence-corrected chi connectivity index (χ0v) is 31.7. The summed E-state index contributed by atoms with van der Waals surface area (Å²) in [6, 6.07) is 62.4. The summed E-state index contributed by atoms with van der Waals surface area (Å²) < 4.78 is 3.79. The molecule has 0 N–H and O–H groups in total. The van der Waals surface area contributed by atoms with Crippen molar-refractivity contribution in [2.24, 2.45) is 0 Å². The molecule has 1 atom stereocenters. The van der Waals surface area contributed by atoms with Crippen molar-refractivity contribution in [1.29, 1.82) is 0 Å².